The van der Waals surface area contributed by atoms with Crippen LogP contribution < -0.4 is 5.32 Å². The minimum Gasteiger partial charge on any atom is -0.478 e. The van der Waals surface area contributed by atoms with Gasteiger partial charge in [0, 0.05) is 25.7 Å². The van der Waals surface area contributed by atoms with E-state index in [0.29, 0.717) is 25.2 Å². The lowest BCUT2D eigenvalue weighted by Crippen LogP contribution is -2.45. The number of rotatable bonds is 7. The van der Waals surface area contributed by atoms with Gasteiger partial charge in [0.2, 0.25) is 5.91 Å². The van der Waals surface area contributed by atoms with Crippen molar-refractivity contribution in [1.82, 2.24) is 10.2 Å². The molecule has 5 heteroatoms. The maximum Gasteiger partial charge on any atom is 0.328 e. The molecule has 0 fully saturated rings. The van der Waals surface area contributed by atoms with Crippen molar-refractivity contribution in [2.75, 3.05) is 19.6 Å². The SMILES string of the molecule is CCN(CC)C(=O)C(C)NCC(C)=CC(=O)O. The third kappa shape index (κ3) is 6.06. The van der Waals surface area contributed by atoms with Crippen molar-refractivity contribution in [2.45, 2.75) is 33.7 Å². The van der Waals surface area contributed by atoms with E-state index in [0.717, 1.165) is 6.08 Å². The Balaban J connectivity index is 4.22. The van der Waals surface area contributed by atoms with E-state index >= 15 is 0 Å². The molecule has 1 atom stereocenters. The molecule has 98 valence electrons. The lowest BCUT2D eigenvalue weighted by molar-refractivity contribution is -0.132. The Kier molecular flexibility index (Phi) is 7.21. The number of hydrogen-bond donors (Lipinski definition) is 2. The van der Waals surface area contributed by atoms with Crippen LogP contribution in [0.5, 0.6) is 0 Å². The van der Waals surface area contributed by atoms with Gasteiger partial charge in [-0.1, -0.05) is 5.57 Å². The van der Waals surface area contributed by atoms with E-state index in [1.807, 2.05) is 13.8 Å². The zero-order valence-electron chi connectivity index (χ0n) is 11.0. The molecule has 0 aromatic carbocycles. The van der Waals surface area contributed by atoms with E-state index in [1.54, 1.807) is 18.7 Å². The van der Waals surface area contributed by atoms with E-state index in [2.05, 4.69) is 5.32 Å². The fourth-order valence-corrected chi connectivity index (χ4v) is 1.47. The summed E-state index contributed by atoms with van der Waals surface area (Å²) in [4.78, 5) is 24.0. The lowest BCUT2D eigenvalue weighted by atomic mass is 10.2. The van der Waals surface area contributed by atoms with Crippen LogP contribution in [0, 0.1) is 0 Å². The number of carboxylic acid groups (broad SMARTS) is 1. The fourth-order valence-electron chi connectivity index (χ4n) is 1.47. The average molecular weight is 242 g/mol. The molecule has 0 rings (SSSR count). The zero-order valence-corrected chi connectivity index (χ0v) is 11.0. The summed E-state index contributed by atoms with van der Waals surface area (Å²) in [5, 5.41) is 11.6. The molecule has 5 nitrogen and oxygen atoms in total. The van der Waals surface area contributed by atoms with Crippen LogP contribution in [0.25, 0.3) is 0 Å². The van der Waals surface area contributed by atoms with Gasteiger partial charge >= 0.3 is 5.97 Å². The molecule has 0 aromatic heterocycles. The maximum atomic E-state index is 11.9. The molecule has 0 radical (unpaired) electrons. The van der Waals surface area contributed by atoms with E-state index in [9.17, 15) is 9.59 Å². The van der Waals surface area contributed by atoms with Gasteiger partial charge in [-0.3, -0.25) is 4.79 Å². The number of likely N-dealkylation sites (N-methyl/N-ethyl adjacent to an activating group) is 1. The lowest BCUT2D eigenvalue weighted by Gasteiger charge is -2.23. The van der Waals surface area contributed by atoms with Crippen LogP contribution in [0.15, 0.2) is 11.6 Å². The highest BCUT2D eigenvalue weighted by Gasteiger charge is 2.17. The molecule has 0 spiro atoms. The van der Waals surface area contributed by atoms with Gasteiger partial charge in [0.1, 0.15) is 0 Å². The van der Waals surface area contributed by atoms with E-state index in [-0.39, 0.29) is 11.9 Å². The summed E-state index contributed by atoms with van der Waals surface area (Å²) in [6.45, 7) is 9.15. The third-order valence-corrected chi connectivity index (χ3v) is 2.50. The van der Waals surface area contributed by atoms with Gasteiger partial charge in [-0.05, 0) is 27.7 Å². The zero-order chi connectivity index (χ0) is 13.4. The smallest absolute Gasteiger partial charge is 0.328 e. The van der Waals surface area contributed by atoms with Gasteiger partial charge in [-0.25, -0.2) is 4.79 Å². The molecule has 1 unspecified atom stereocenters. The van der Waals surface area contributed by atoms with Crippen LogP contribution in [0.4, 0.5) is 0 Å². The molecule has 2 N–H and O–H groups in total. The van der Waals surface area contributed by atoms with Gasteiger partial charge in [-0.2, -0.15) is 0 Å². The van der Waals surface area contributed by atoms with Crippen molar-refractivity contribution in [3.63, 3.8) is 0 Å². The van der Waals surface area contributed by atoms with E-state index in [4.69, 9.17) is 5.11 Å². The molecule has 0 heterocycles. The first-order chi connectivity index (χ1) is 7.92. The predicted octanol–water partition coefficient (Wildman–Crippen LogP) is 0.864. The minimum atomic E-state index is -0.966. The fraction of sp³-hybridized carbons (Fsp3) is 0.667. The average Bonchev–Trinajstić information content (AvgIpc) is 2.26. The Hall–Kier alpha value is -1.36. The Bertz CT molecular complexity index is 296. The number of nitrogens with zero attached hydrogens (tertiary/aromatic N) is 1. The third-order valence-electron chi connectivity index (χ3n) is 2.50. The number of amides is 1. The van der Waals surface area contributed by atoms with Crippen LogP contribution in [-0.4, -0.2) is 47.6 Å². The Morgan fingerprint density at radius 2 is 1.88 bits per heavy atom. The van der Waals surface area contributed by atoms with Crippen molar-refractivity contribution in [2.24, 2.45) is 0 Å². The number of hydrogen-bond acceptors (Lipinski definition) is 3. The number of carbonyl (C=O) groups excluding carboxylic acids is 1. The monoisotopic (exact) mass is 242 g/mol. The molecule has 0 aliphatic carbocycles. The molecule has 0 aliphatic rings. The summed E-state index contributed by atoms with van der Waals surface area (Å²) in [7, 11) is 0. The summed E-state index contributed by atoms with van der Waals surface area (Å²) in [6.07, 6.45) is 1.14. The molecule has 17 heavy (non-hydrogen) atoms. The largest absolute Gasteiger partial charge is 0.478 e. The van der Waals surface area contributed by atoms with Crippen molar-refractivity contribution in [3.05, 3.63) is 11.6 Å². The highest BCUT2D eigenvalue weighted by Crippen LogP contribution is 1.97. The van der Waals surface area contributed by atoms with Gasteiger partial charge in [0.05, 0.1) is 6.04 Å². The number of carboxylic acids is 1. The minimum absolute atomic E-state index is 0.0399. The van der Waals surface area contributed by atoms with Crippen LogP contribution >= 0.6 is 0 Å². The van der Waals surface area contributed by atoms with Crippen LogP contribution in [0.2, 0.25) is 0 Å². The predicted molar refractivity (Wildman–Crippen MR) is 66.8 cm³/mol. The summed E-state index contributed by atoms with van der Waals surface area (Å²) in [5.41, 5.74) is 0.691. The van der Waals surface area contributed by atoms with Crippen molar-refractivity contribution < 1.29 is 14.7 Å². The standard InChI is InChI=1S/C12H22N2O3/c1-5-14(6-2)12(17)10(4)13-8-9(3)7-11(15)16/h7,10,13H,5-6,8H2,1-4H3,(H,15,16). The van der Waals surface area contributed by atoms with E-state index in [1.165, 1.54) is 0 Å². The number of aliphatic carboxylic acids is 1. The molecule has 0 saturated heterocycles. The summed E-state index contributed by atoms with van der Waals surface area (Å²) < 4.78 is 0. The maximum absolute atomic E-state index is 11.9. The highest BCUT2D eigenvalue weighted by atomic mass is 16.4. The van der Waals surface area contributed by atoms with Crippen molar-refractivity contribution in [1.29, 1.82) is 0 Å². The second-order valence-corrected chi connectivity index (χ2v) is 3.94. The first-order valence-corrected chi connectivity index (χ1v) is 5.84. The first-order valence-electron chi connectivity index (χ1n) is 5.84. The molecule has 0 saturated carbocycles. The quantitative estimate of drug-likeness (QED) is 0.650. The Morgan fingerprint density at radius 3 is 2.29 bits per heavy atom. The first kappa shape index (κ1) is 15.6. The van der Waals surface area contributed by atoms with Crippen LogP contribution in [-0.2, 0) is 9.59 Å². The second kappa shape index (κ2) is 7.84. The molecule has 0 aliphatic heterocycles. The van der Waals surface area contributed by atoms with Gasteiger partial charge in [-0.15, -0.1) is 0 Å². The number of carbonyl (C=O) groups is 2. The molecule has 1 amide bonds. The molecular formula is C12H22N2O3. The Labute approximate surface area is 102 Å². The van der Waals surface area contributed by atoms with Crippen molar-refractivity contribution in [3.8, 4) is 0 Å². The highest BCUT2D eigenvalue weighted by molar-refractivity contribution is 5.82. The number of nitrogens with one attached hydrogen (secondary N) is 1. The topological polar surface area (TPSA) is 69.6 Å². The Morgan fingerprint density at radius 1 is 1.35 bits per heavy atom. The van der Waals surface area contributed by atoms with Gasteiger partial charge in [0.25, 0.3) is 0 Å². The second-order valence-electron chi connectivity index (χ2n) is 3.94. The van der Waals surface area contributed by atoms with Crippen LogP contribution in [0.3, 0.4) is 0 Å². The van der Waals surface area contributed by atoms with Crippen LogP contribution in [0.1, 0.15) is 27.7 Å². The van der Waals surface area contributed by atoms with Crippen molar-refractivity contribution >= 4 is 11.9 Å². The van der Waals surface area contributed by atoms with E-state index < -0.39 is 5.97 Å². The molecular weight excluding hydrogens is 220 g/mol. The normalized spacial score (nSPS) is 13.3. The molecule has 0 bridgehead atoms. The molecule has 0 aromatic rings. The summed E-state index contributed by atoms with van der Waals surface area (Å²) >= 11 is 0. The van der Waals surface area contributed by atoms with Gasteiger partial charge < -0.3 is 15.3 Å². The summed E-state index contributed by atoms with van der Waals surface area (Å²) in [6, 6.07) is -0.299. The van der Waals surface area contributed by atoms with Gasteiger partial charge in [0.15, 0.2) is 0 Å². The summed E-state index contributed by atoms with van der Waals surface area (Å²) in [5.74, 6) is -0.926.